The Labute approximate surface area is 182 Å². The lowest BCUT2D eigenvalue weighted by atomic mass is 9.98. The third kappa shape index (κ3) is 3.16. The summed E-state index contributed by atoms with van der Waals surface area (Å²) in [5.41, 5.74) is 1.38. The number of rotatable bonds is 4. The normalized spacial score (nSPS) is 17.8. The van der Waals surface area contributed by atoms with E-state index in [2.05, 4.69) is 15.1 Å². The van der Waals surface area contributed by atoms with Crippen LogP contribution in [0.15, 0.2) is 40.6 Å². The second-order valence-electron chi connectivity index (χ2n) is 7.34. The van der Waals surface area contributed by atoms with Gasteiger partial charge in [-0.3, -0.25) is 19.5 Å². The predicted octanol–water partition coefficient (Wildman–Crippen LogP) is 2.74. The number of hydrogen-bond acceptors (Lipinski definition) is 8. The van der Waals surface area contributed by atoms with Crippen LogP contribution in [0.2, 0.25) is 0 Å². The van der Waals surface area contributed by atoms with E-state index in [0.29, 0.717) is 22.7 Å². The molecule has 1 amide bonds. The van der Waals surface area contributed by atoms with E-state index in [1.54, 1.807) is 39.0 Å². The third-order valence-electron chi connectivity index (χ3n) is 5.34. The highest BCUT2D eigenvalue weighted by atomic mass is 16.5. The van der Waals surface area contributed by atoms with E-state index in [-0.39, 0.29) is 22.6 Å². The molecule has 0 aliphatic carbocycles. The van der Waals surface area contributed by atoms with Gasteiger partial charge >= 0.3 is 11.9 Å². The second kappa shape index (κ2) is 7.80. The minimum absolute atomic E-state index is 0.119. The van der Waals surface area contributed by atoms with Crippen molar-refractivity contribution in [2.24, 2.45) is 0 Å². The van der Waals surface area contributed by atoms with Crippen molar-refractivity contribution < 1.29 is 28.8 Å². The van der Waals surface area contributed by atoms with Crippen LogP contribution in [0.25, 0.3) is 5.76 Å². The van der Waals surface area contributed by atoms with E-state index in [4.69, 9.17) is 9.26 Å². The molecule has 1 atom stereocenters. The minimum atomic E-state index is -1.05. The van der Waals surface area contributed by atoms with Crippen LogP contribution in [-0.2, 0) is 14.3 Å². The molecule has 1 aliphatic rings. The number of aromatic amines is 1. The van der Waals surface area contributed by atoms with E-state index in [1.807, 2.05) is 0 Å². The van der Waals surface area contributed by atoms with Crippen LogP contribution < -0.4 is 4.90 Å². The quantitative estimate of drug-likeness (QED) is 0.275. The molecule has 10 nitrogen and oxygen atoms in total. The molecule has 1 saturated heterocycles. The van der Waals surface area contributed by atoms with Crippen LogP contribution in [0.5, 0.6) is 0 Å². The second-order valence-corrected chi connectivity index (χ2v) is 7.34. The number of H-pyrrole nitrogens is 1. The molecule has 3 aromatic rings. The molecule has 164 valence electrons. The summed E-state index contributed by atoms with van der Waals surface area (Å²) < 4.78 is 9.90. The van der Waals surface area contributed by atoms with Gasteiger partial charge in [0.15, 0.2) is 5.82 Å². The maximum Gasteiger partial charge on any atom is 0.339 e. The number of aliphatic hydroxyl groups is 1. The standard InChI is InChI=1S/C22H20N4O6/c1-10-9-14(25-32-10)26-18(13-7-5-6-8-23-13)16(20(28)21(26)29)19(27)17-11(2)15(12(3)24-17)22(30)31-4/h5-9,18,24,27H,1-4H3/b19-16+. The van der Waals surface area contributed by atoms with Crippen LogP contribution in [0, 0.1) is 20.8 Å². The molecule has 0 saturated carbocycles. The maximum atomic E-state index is 13.1. The molecule has 3 aromatic heterocycles. The van der Waals surface area contributed by atoms with Crippen molar-refractivity contribution in [3.05, 3.63) is 70.0 Å². The zero-order valence-corrected chi connectivity index (χ0v) is 17.8. The van der Waals surface area contributed by atoms with Gasteiger partial charge in [0.05, 0.1) is 29.6 Å². The zero-order chi connectivity index (χ0) is 23.2. The molecule has 10 heteroatoms. The summed E-state index contributed by atoms with van der Waals surface area (Å²) in [6.45, 7) is 4.91. The van der Waals surface area contributed by atoms with Gasteiger partial charge in [-0.25, -0.2) is 4.79 Å². The van der Waals surface area contributed by atoms with Crippen LogP contribution in [0.4, 0.5) is 5.82 Å². The Morgan fingerprint density at radius 2 is 2.00 bits per heavy atom. The Hall–Kier alpha value is -4.21. The first kappa shape index (κ1) is 21.0. The van der Waals surface area contributed by atoms with Gasteiger partial charge in [0, 0.05) is 18.0 Å². The van der Waals surface area contributed by atoms with Crippen molar-refractivity contribution in [2.45, 2.75) is 26.8 Å². The summed E-state index contributed by atoms with van der Waals surface area (Å²) in [4.78, 5) is 46.6. The van der Waals surface area contributed by atoms with Gasteiger partial charge in [0.1, 0.15) is 17.6 Å². The van der Waals surface area contributed by atoms with Crippen molar-refractivity contribution in [3.8, 4) is 0 Å². The minimum Gasteiger partial charge on any atom is -0.505 e. The fourth-order valence-electron chi connectivity index (χ4n) is 3.88. The molecule has 0 radical (unpaired) electrons. The van der Waals surface area contributed by atoms with E-state index >= 15 is 0 Å². The van der Waals surface area contributed by atoms with Crippen LogP contribution in [0.3, 0.4) is 0 Å². The lowest BCUT2D eigenvalue weighted by Gasteiger charge is -2.21. The fraction of sp³-hybridized carbons (Fsp3) is 0.227. The first-order chi connectivity index (χ1) is 15.3. The topological polar surface area (TPSA) is 139 Å². The number of carbonyl (C=O) groups excluding carboxylic acids is 3. The molecular weight excluding hydrogens is 416 g/mol. The van der Waals surface area contributed by atoms with Gasteiger partial charge in [-0.15, -0.1) is 0 Å². The highest BCUT2D eigenvalue weighted by molar-refractivity contribution is 6.51. The number of aryl methyl sites for hydroxylation is 2. The number of amides is 1. The Morgan fingerprint density at radius 3 is 2.59 bits per heavy atom. The molecule has 1 fully saturated rings. The van der Waals surface area contributed by atoms with E-state index in [9.17, 15) is 19.5 Å². The van der Waals surface area contributed by atoms with Gasteiger partial charge < -0.3 is 19.4 Å². The molecule has 0 aromatic carbocycles. The molecule has 0 bridgehead atoms. The van der Waals surface area contributed by atoms with Crippen LogP contribution in [0.1, 0.15) is 44.8 Å². The molecule has 4 heterocycles. The molecule has 1 unspecified atom stereocenters. The lowest BCUT2D eigenvalue weighted by molar-refractivity contribution is -0.132. The number of ether oxygens (including phenoxy) is 1. The number of nitrogens with zero attached hydrogens (tertiary/aromatic N) is 3. The molecule has 4 rings (SSSR count). The molecular formula is C22H20N4O6. The van der Waals surface area contributed by atoms with Gasteiger partial charge in [-0.05, 0) is 38.5 Å². The summed E-state index contributed by atoms with van der Waals surface area (Å²) in [7, 11) is 1.25. The number of anilines is 1. The van der Waals surface area contributed by atoms with Crippen LogP contribution >= 0.6 is 0 Å². The van der Waals surface area contributed by atoms with Gasteiger partial charge in [0.2, 0.25) is 0 Å². The summed E-state index contributed by atoms with van der Waals surface area (Å²) >= 11 is 0. The number of methoxy groups -OCH3 is 1. The number of ketones is 1. The Bertz CT molecular complexity index is 1270. The number of aliphatic hydroxyl groups excluding tert-OH is 1. The largest absolute Gasteiger partial charge is 0.505 e. The molecule has 1 aliphatic heterocycles. The number of esters is 1. The van der Waals surface area contributed by atoms with E-state index in [1.165, 1.54) is 19.4 Å². The van der Waals surface area contributed by atoms with E-state index < -0.39 is 29.5 Å². The average Bonchev–Trinajstić information content (AvgIpc) is 3.42. The predicted molar refractivity (Wildman–Crippen MR) is 112 cm³/mol. The van der Waals surface area contributed by atoms with Crippen molar-refractivity contribution in [1.82, 2.24) is 15.1 Å². The van der Waals surface area contributed by atoms with Crippen molar-refractivity contribution in [3.63, 3.8) is 0 Å². The number of aromatic nitrogens is 3. The SMILES string of the molecule is COC(=O)c1c(C)[nH]c(/C(O)=C2\C(=O)C(=O)N(c3cc(C)on3)C2c2ccccn2)c1C. The summed E-state index contributed by atoms with van der Waals surface area (Å²) in [5.74, 6) is -2.28. The fourth-order valence-corrected chi connectivity index (χ4v) is 3.88. The number of Topliss-reactive ketones (excluding diaryl/α,β-unsaturated/α-hetero) is 1. The van der Waals surface area contributed by atoms with Gasteiger partial charge in [-0.2, -0.15) is 0 Å². The zero-order valence-electron chi connectivity index (χ0n) is 17.8. The number of hydrogen-bond donors (Lipinski definition) is 2. The maximum absolute atomic E-state index is 13.1. The van der Waals surface area contributed by atoms with Gasteiger partial charge in [-0.1, -0.05) is 11.2 Å². The number of nitrogens with one attached hydrogen (secondary N) is 1. The molecule has 32 heavy (non-hydrogen) atoms. The lowest BCUT2D eigenvalue weighted by Crippen LogP contribution is -2.30. The molecule has 0 spiro atoms. The molecule has 2 N–H and O–H groups in total. The Balaban J connectivity index is 1.96. The van der Waals surface area contributed by atoms with Crippen molar-refractivity contribution in [2.75, 3.05) is 12.0 Å². The smallest absolute Gasteiger partial charge is 0.339 e. The van der Waals surface area contributed by atoms with Crippen molar-refractivity contribution in [1.29, 1.82) is 0 Å². The first-order valence-corrected chi connectivity index (χ1v) is 9.69. The van der Waals surface area contributed by atoms with Crippen LogP contribution in [-0.4, -0.2) is 45.0 Å². The van der Waals surface area contributed by atoms with Crippen molar-refractivity contribution >= 4 is 29.2 Å². The summed E-state index contributed by atoms with van der Waals surface area (Å²) in [6.07, 6.45) is 1.52. The Morgan fingerprint density at radius 1 is 1.25 bits per heavy atom. The Kier molecular flexibility index (Phi) is 5.13. The number of pyridine rings is 1. The third-order valence-corrected chi connectivity index (χ3v) is 5.34. The monoisotopic (exact) mass is 436 g/mol. The average molecular weight is 436 g/mol. The van der Waals surface area contributed by atoms with E-state index in [0.717, 1.165) is 4.90 Å². The number of carbonyl (C=O) groups is 3. The summed E-state index contributed by atoms with van der Waals surface area (Å²) in [6, 6.07) is 5.49. The highest BCUT2D eigenvalue weighted by Crippen LogP contribution is 2.41. The van der Waals surface area contributed by atoms with Gasteiger partial charge in [0.25, 0.3) is 5.78 Å². The first-order valence-electron chi connectivity index (χ1n) is 9.69. The highest BCUT2D eigenvalue weighted by Gasteiger charge is 2.49. The summed E-state index contributed by atoms with van der Waals surface area (Å²) in [5, 5.41) is 15.1.